The largest absolute Gasteiger partial charge is 0.325 e. The number of hydrogen-bond donors (Lipinski definition) is 1. The normalized spacial score (nSPS) is 16.0. The molecule has 0 amide bonds. The molecule has 1 heterocycles. The van der Waals surface area contributed by atoms with Crippen molar-refractivity contribution in [2.75, 3.05) is 0 Å². The van der Waals surface area contributed by atoms with Gasteiger partial charge in [-0.25, -0.2) is 8.78 Å². The van der Waals surface area contributed by atoms with Crippen molar-refractivity contribution >= 4 is 0 Å². The number of nitrogens with one attached hydrogen (secondary N) is 1. The summed E-state index contributed by atoms with van der Waals surface area (Å²) < 4.78 is 25.1. The van der Waals surface area contributed by atoms with E-state index in [9.17, 15) is 13.6 Å². The molecule has 3 rings (SSSR count). The first-order valence-corrected chi connectivity index (χ1v) is 7.49. The van der Waals surface area contributed by atoms with Crippen molar-refractivity contribution in [3.8, 4) is 0 Å². The molecule has 0 saturated carbocycles. The lowest BCUT2D eigenvalue weighted by Crippen LogP contribution is -2.21. The minimum Gasteiger partial charge on any atom is -0.325 e. The molecule has 2 aromatic rings. The van der Waals surface area contributed by atoms with Crippen LogP contribution < -0.4 is 5.56 Å². The summed E-state index contributed by atoms with van der Waals surface area (Å²) in [7, 11) is 0. The van der Waals surface area contributed by atoms with Crippen LogP contribution in [-0.2, 0) is 18.3 Å². The minimum absolute atomic E-state index is 0.00774. The Morgan fingerprint density at radius 2 is 1.91 bits per heavy atom. The molecule has 0 bridgehead atoms. The van der Waals surface area contributed by atoms with Crippen molar-refractivity contribution in [2.45, 2.75) is 45.0 Å². The Balaban J connectivity index is 1.89. The summed E-state index contributed by atoms with van der Waals surface area (Å²) in [5.41, 5.74) is 3.75. The van der Waals surface area contributed by atoms with Gasteiger partial charge >= 0.3 is 0 Å². The van der Waals surface area contributed by atoms with Crippen LogP contribution in [-0.4, -0.2) is 4.98 Å². The molecular formula is C18H19F2NO. The van der Waals surface area contributed by atoms with Crippen molar-refractivity contribution in [3.63, 3.8) is 0 Å². The molecule has 0 spiro atoms. The summed E-state index contributed by atoms with van der Waals surface area (Å²) in [6, 6.07) is 8.15. The van der Waals surface area contributed by atoms with Gasteiger partial charge in [0.2, 0.25) is 0 Å². The number of benzene rings is 1. The maximum Gasteiger partial charge on any atom is 0.263 e. The van der Waals surface area contributed by atoms with Crippen LogP contribution in [0.1, 0.15) is 54.6 Å². The number of alkyl halides is 2. The lowest BCUT2D eigenvalue weighted by molar-refractivity contribution is 0.151. The smallest absolute Gasteiger partial charge is 0.263 e. The lowest BCUT2D eigenvalue weighted by Gasteiger charge is -2.18. The Bertz CT molecular complexity index is 745. The Hall–Kier alpha value is -1.97. The predicted molar refractivity (Wildman–Crippen MR) is 82.6 cm³/mol. The highest BCUT2D eigenvalue weighted by Gasteiger charge is 2.31. The van der Waals surface area contributed by atoms with Gasteiger partial charge < -0.3 is 4.98 Å². The van der Waals surface area contributed by atoms with E-state index in [1.165, 1.54) is 17.7 Å². The molecule has 1 aromatic carbocycles. The number of aromatic amines is 1. The Morgan fingerprint density at radius 1 is 1.23 bits per heavy atom. The zero-order valence-corrected chi connectivity index (χ0v) is 12.7. The fourth-order valence-corrected chi connectivity index (χ4v) is 3.13. The van der Waals surface area contributed by atoms with Crippen LogP contribution in [0.15, 0.2) is 35.1 Å². The third-order valence-electron chi connectivity index (χ3n) is 4.52. The van der Waals surface area contributed by atoms with Gasteiger partial charge in [-0.15, -0.1) is 0 Å². The molecule has 1 aliphatic rings. The Morgan fingerprint density at radius 3 is 2.55 bits per heavy atom. The fourth-order valence-electron chi connectivity index (χ4n) is 3.13. The van der Waals surface area contributed by atoms with Gasteiger partial charge in [-0.05, 0) is 30.0 Å². The first kappa shape index (κ1) is 14.9. The standard InChI is InChI=1S/C18H19F2NO/c1-18(2)8-7-13-10-14(17(22)21-15(13)18)9-11-3-5-12(6-4-11)16(19)20/h3-6,10,16H,7-9H2,1-2H3,(H,21,22). The first-order valence-electron chi connectivity index (χ1n) is 7.49. The minimum atomic E-state index is -2.46. The summed E-state index contributed by atoms with van der Waals surface area (Å²) in [6.07, 6.45) is 0.00745. The summed E-state index contributed by atoms with van der Waals surface area (Å²) in [5, 5.41) is 0. The molecule has 0 aliphatic heterocycles. The van der Waals surface area contributed by atoms with Gasteiger partial charge in [0, 0.05) is 28.7 Å². The van der Waals surface area contributed by atoms with E-state index in [1.807, 2.05) is 6.07 Å². The summed E-state index contributed by atoms with van der Waals surface area (Å²) in [4.78, 5) is 15.3. The van der Waals surface area contributed by atoms with Crippen LogP contribution >= 0.6 is 0 Å². The SMILES string of the molecule is CC1(C)CCc2cc(Cc3ccc(C(F)F)cc3)c(=O)[nH]c21. The van der Waals surface area contributed by atoms with Gasteiger partial charge in [-0.2, -0.15) is 0 Å². The van der Waals surface area contributed by atoms with Gasteiger partial charge in [0.25, 0.3) is 12.0 Å². The van der Waals surface area contributed by atoms with Crippen molar-refractivity contribution in [2.24, 2.45) is 0 Å². The summed E-state index contributed by atoms with van der Waals surface area (Å²) in [5.74, 6) is 0. The third-order valence-corrected chi connectivity index (χ3v) is 4.52. The molecule has 1 N–H and O–H groups in total. The van der Waals surface area contributed by atoms with Crippen molar-refractivity contribution < 1.29 is 8.78 Å². The highest BCUT2D eigenvalue weighted by Crippen LogP contribution is 2.36. The molecule has 2 nitrogen and oxygen atoms in total. The highest BCUT2D eigenvalue weighted by atomic mass is 19.3. The average molecular weight is 303 g/mol. The zero-order chi connectivity index (χ0) is 15.9. The molecule has 0 atom stereocenters. The number of halogens is 2. The Kier molecular flexibility index (Phi) is 3.63. The second-order valence-electron chi connectivity index (χ2n) is 6.63. The second-order valence-corrected chi connectivity index (χ2v) is 6.63. The quantitative estimate of drug-likeness (QED) is 0.908. The van der Waals surface area contributed by atoms with Gasteiger partial charge in [-0.1, -0.05) is 38.1 Å². The third kappa shape index (κ3) is 2.70. The van der Waals surface area contributed by atoms with Crippen molar-refractivity contribution in [3.05, 3.63) is 68.6 Å². The monoisotopic (exact) mass is 303 g/mol. The average Bonchev–Trinajstić information content (AvgIpc) is 2.75. The fraction of sp³-hybridized carbons (Fsp3) is 0.389. The maximum atomic E-state index is 12.6. The van der Waals surface area contributed by atoms with Crippen LogP contribution in [0.4, 0.5) is 8.78 Å². The van der Waals surface area contributed by atoms with Gasteiger partial charge in [0.1, 0.15) is 0 Å². The van der Waals surface area contributed by atoms with Crippen LogP contribution in [0.2, 0.25) is 0 Å². The molecule has 4 heteroatoms. The first-order chi connectivity index (χ1) is 10.4. The summed E-state index contributed by atoms with van der Waals surface area (Å²) >= 11 is 0. The van der Waals surface area contributed by atoms with E-state index in [4.69, 9.17) is 0 Å². The van der Waals surface area contributed by atoms with Gasteiger partial charge in [0.05, 0.1) is 0 Å². The van der Waals surface area contributed by atoms with E-state index < -0.39 is 6.43 Å². The number of pyridine rings is 1. The number of aryl methyl sites for hydroxylation is 1. The van der Waals surface area contributed by atoms with E-state index in [0.29, 0.717) is 12.0 Å². The van der Waals surface area contributed by atoms with E-state index in [2.05, 4.69) is 18.8 Å². The van der Waals surface area contributed by atoms with Crippen molar-refractivity contribution in [1.29, 1.82) is 0 Å². The molecule has 1 aromatic heterocycles. The summed E-state index contributed by atoms with van der Waals surface area (Å²) in [6.45, 7) is 4.27. The number of aromatic nitrogens is 1. The predicted octanol–water partition coefficient (Wildman–Crippen LogP) is 4.13. The lowest BCUT2D eigenvalue weighted by atomic mass is 9.90. The topological polar surface area (TPSA) is 32.9 Å². The Labute approximate surface area is 128 Å². The highest BCUT2D eigenvalue weighted by molar-refractivity contribution is 5.37. The second kappa shape index (κ2) is 5.34. The van der Waals surface area contributed by atoms with E-state index in [-0.39, 0.29) is 16.5 Å². The van der Waals surface area contributed by atoms with Gasteiger partial charge in [-0.3, -0.25) is 4.79 Å². The molecule has 0 unspecified atom stereocenters. The zero-order valence-electron chi connectivity index (χ0n) is 12.7. The maximum absolute atomic E-state index is 12.6. The van der Waals surface area contributed by atoms with Crippen LogP contribution in [0.25, 0.3) is 0 Å². The molecule has 0 saturated heterocycles. The molecule has 0 fully saturated rings. The van der Waals surface area contributed by atoms with Crippen LogP contribution in [0, 0.1) is 0 Å². The van der Waals surface area contributed by atoms with E-state index in [0.717, 1.165) is 24.1 Å². The molecule has 22 heavy (non-hydrogen) atoms. The molecular weight excluding hydrogens is 284 g/mol. The molecule has 1 aliphatic carbocycles. The van der Waals surface area contributed by atoms with Crippen molar-refractivity contribution in [1.82, 2.24) is 4.98 Å². The number of hydrogen-bond acceptors (Lipinski definition) is 1. The molecule has 116 valence electrons. The van der Waals surface area contributed by atoms with Gasteiger partial charge in [0.15, 0.2) is 0 Å². The molecule has 0 radical (unpaired) electrons. The van der Waals surface area contributed by atoms with E-state index >= 15 is 0 Å². The van der Waals surface area contributed by atoms with E-state index in [1.54, 1.807) is 12.1 Å². The number of fused-ring (bicyclic) bond motifs is 1. The van der Waals surface area contributed by atoms with Crippen LogP contribution in [0.3, 0.4) is 0 Å². The van der Waals surface area contributed by atoms with Crippen LogP contribution in [0.5, 0.6) is 0 Å². The number of rotatable bonds is 3. The number of H-pyrrole nitrogens is 1.